The predicted molar refractivity (Wildman–Crippen MR) is 122 cm³/mol. The number of nitro groups is 1. The standard InChI is InChI=1S/C23H25N5O4/c1-16-14-18(28(31)32)6-7-19(16)25-22(29)8-9-26-10-12-27(13-11-26)23(30)21-15-17-4-2-3-5-20(17)24-21/h2-7,14-15,24H,8-13H2,1H3,(H,25,29). The van der Waals surface area contributed by atoms with Crippen LogP contribution in [0, 0.1) is 17.0 Å². The molecule has 0 radical (unpaired) electrons. The summed E-state index contributed by atoms with van der Waals surface area (Å²) >= 11 is 0. The van der Waals surface area contributed by atoms with Crippen LogP contribution in [0.5, 0.6) is 0 Å². The number of H-pyrrole nitrogens is 1. The number of carbonyl (C=O) groups is 2. The van der Waals surface area contributed by atoms with Gasteiger partial charge in [0.25, 0.3) is 11.6 Å². The van der Waals surface area contributed by atoms with Gasteiger partial charge in [-0.05, 0) is 30.7 Å². The van der Waals surface area contributed by atoms with Crippen LogP contribution in [-0.2, 0) is 4.79 Å². The Kier molecular flexibility index (Phi) is 6.18. The van der Waals surface area contributed by atoms with Crippen molar-refractivity contribution in [3.8, 4) is 0 Å². The highest BCUT2D eigenvalue weighted by molar-refractivity contribution is 5.98. The number of non-ortho nitro benzene ring substituents is 1. The largest absolute Gasteiger partial charge is 0.351 e. The van der Waals surface area contributed by atoms with E-state index in [4.69, 9.17) is 0 Å². The Balaban J connectivity index is 1.25. The fourth-order valence-corrected chi connectivity index (χ4v) is 3.91. The quantitative estimate of drug-likeness (QED) is 0.456. The van der Waals surface area contributed by atoms with Gasteiger partial charge in [0.05, 0.1) is 4.92 Å². The van der Waals surface area contributed by atoms with E-state index in [1.807, 2.05) is 35.2 Å². The Morgan fingerprint density at radius 1 is 1.09 bits per heavy atom. The van der Waals surface area contributed by atoms with E-state index in [1.165, 1.54) is 12.1 Å². The van der Waals surface area contributed by atoms with Crippen LogP contribution in [0.3, 0.4) is 0 Å². The maximum absolute atomic E-state index is 12.8. The van der Waals surface area contributed by atoms with Crippen molar-refractivity contribution in [2.24, 2.45) is 0 Å². The number of piperazine rings is 1. The molecule has 0 bridgehead atoms. The number of aryl methyl sites for hydroxylation is 1. The number of anilines is 1. The monoisotopic (exact) mass is 435 g/mol. The molecular formula is C23H25N5O4. The molecule has 0 unspecified atom stereocenters. The van der Waals surface area contributed by atoms with Crippen LogP contribution in [-0.4, -0.2) is 64.2 Å². The number of hydrogen-bond acceptors (Lipinski definition) is 5. The van der Waals surface area contributed by atoms with Gasteiger partial charge in [-0.25, -0.2) is 0 Å². The highest BCUT2D eigenvalue weighted by Crippen LogP contribution is 2.21. The lowest BCUT2D eigenvalue weighted by molar-refractivity contribution is -0.384. The Morgan fingerprint density at radius 2 is 1.84 bits per heavy atom. The van der Waals surface area contributed by atoms with Gasteiger partial charge in [0.1, 0.15) is 5.69 Å². The molecule has 0 spiro atoms. The molecule has 1 aliphatic heterocycles. The van der Waals surface area contributed by atoms with Crippen molar-refractivity contribution in [3.63, 3.8) is 0 Å². The van der Waals surface area contributed by atoms with Crippen molar-refractivity contribution >= 4 is 34.1 Å². The fraction of sp³-hybridized carbons (Fsp3) is 0.304. The molecule has 32 heavy (non-hydrogen) atoms. The summed E-state index contributed by atoms with van der Waals surface area (Å²) in [6.07, 6.45) is 0.312. The Morgan fingerprint density at radius 3 is 2.53 bits per heavy atom. The molecular weight excluding hydrogens is 410 g/mol. The van der Waals surface area contributed by atoms with E-state index in [-0.39, 0.29) is 17.5 Å². The number of hydrogen-bond donors (Lipinski definition) is 2. The van der Waals surface area contributed by atoms with Crippen LogP contribution in [0.2, 0.25) is 0 Å². The van der Waals surface area contributed by atoms with E-state index in [0.29, 0.717) is 56.1 Å². The van der Waals surface area contributed by atoms with E-state index >= 15 is 0 Å². The molecule has 4 rings (SSSR count). The summed E-state index contributed by atoms with van der Waals surface area (Å²) in [6.45, 7) is 4.94. The minimum atomic E-state index is -0.457. The summed E-state index contributed by atoms with van der Waals surface area (Å²) in [4.78, 5) is 42.7. The second-order valence-corrected chi connectivity index (χ2v) is 7.96. The number of aromatic nitrogens is 1. The molecule has 9 heteroatoms. The molecule has 1 aromatic heterocycles. The third-order valence-electron chi connectivity index (χ3n) is 5.77. The number of para-hydroxylation sites is 1. The molecule has 2 amide bonds. The molecule has 0 saturated carbocycles. The van der Waals surface area contributed by atoms with Gasteiger partial charge in [0.2, 0.25) is 5.91 Å². The van der Waals surface area contributed by atoms with Crippen LogP contribution in [0.4, 0.5) is 11.4 Å². The number of carbonyl (C=O) groups excluding carboxylic acids is 2. The Bertz CT molecular complexity index is 1130. The first-order chi connectivity index (χ1) is 15.4. The number of fused-ring (bicyclic) bond motifs is 1. The summed E-state index contributed by atoms with van der Waals surface area (Å²) in [5.41, 5.74) is 2.77. The number of rotatable bonds is 6. The van der Waals surface area contributed by atoms with E-state index < -0.39 is 4.92 Å². The number of amides is 2. The van der Waals surface area contributed by atoms with Crippen molar-refractivity contribution < 1.29 is 14.5 Å². The average Bonchev–Trinajstić information content (AvgIpc) is 3.23. The van der Waals surface area contributed by atoms with Gasteiger partial charge in [0, 0.05) is 67.9 Å². The van der Waals surface area contributed by atoms with Gasteiger partial charge in [0.15, 0.2) is 0 Å². The van der Waals surface area contributed by atoms with Crippen LogP contribution in [0.1, 0.15) is 22.5 Å². The second kappa shape index (κ2) is 9.19. The Labute approximate surface area is 185 Å². The molecule has 0 aliphatic carbocycles. The van der Waals surface area contributed by atoms with E-state index in [9.17, 15) is 19.7 Å². The number of nitrogens with zero attached hydrogens (tertiary/aromatic N) is 3. The number of nitrogens with one attached hydrogen (secondary N) is 2. The van der Waals surface area contributed by atoms with E-state index in [1.54, 1.807) is 13.0 Å². The predicted octanol–water partition coefficient (Wildman–Crippen LogP) is 3.17. The van der Waals surface area contributed by atoms with Crippen LogP contribution in [0.25, 0.3) is 10.9 Å². The van der Waals surface area contributed by atoms with Gasteiger partial charge in [-0.15, -0.1) is 0 Å². The summed E-state index contributed by atoms with van der Waals surface area (Å²) < 4.78 is 0. The first-order valence-corrected chi connectivity index (χ1v) is 10.5. The lowest BCUT2D eigenvalue weighted by Gasteiger charge is -2.34. The van der Waals surface area contributed by atoms with E-state index in [2.05, 4.69) is 15.2 Å². The molecule has 9 nitrogen and oxygen atoms in total. The van der Waals surface area contributed by atoms with Crippen molar-refractivity contribution in [3.05, 3.63) is 69.9 Å². The summed E-state index contributed by atoms with van der Waals surface area (Å²) in [5, 5.41) is 14.7. The molecule has 166 valence electrons. The second-order valence-electron chi connectivity index (χ2n) is 7.96. The SMILES string of the molecule is Cc1cc([N+](=O)[O-])ccc1NC(=O)CCN1CCN(C(=O)c2cc3ccccc3[nH]2)CC1. The number of benzene rings is 2. The first kappa shape index (κ1) is 21.5. The Hall–Kier alpha value is -3.72. The lowest BCUT2D eigenvalue weighted by atomic mass is 10.1. The smallest absolute Gasteiger partial charge is 0.270 e. The molecule has 1 fully saturated rings. The van der Waals surface area contributed by atoms with Gasteiger partial charge < -0.3 is 15.2 Å². The maximum Gasteiger partial charge on any atom is 0.270 e. The van der Waals surface area contributed by atoms with Gasteiger partial charge in [-0.3, -0.25) is 24.6 Å². The molecule has 0 atom stereocenters. The summed E-state index contributed by atoms with van der Waals surface area (Å²) in [6, 6.07) is 14.1. The van der Waals surface area contributed by atoms with Gasteiger partial charge in [-0.1, -0.05) is 18.2 Å². The normalized spacial score (nSPS) is 14.5. The number of nitro benzene ring substituents is 1. The topological polar surface area (TPSA) is 112 Å². The minimum Gasteiger partial charge on any atom is -0.351 e. The third-order valence-corrected chi connectivity index (χ3v) is 5.77. The van der Waals surface area contributed by atoms with Crippen LogP contribution in [0.15, 0.2) is 48.5 Å². The highest BCUT2D eigenvalue weighted by Gasteiger charge is 2.23. The molecule has 2 aromatic carbocycles. The van der Waals surface area contributed by atoms with Gasteiger partial charge >= 0.3 is 0 Å². The molecule has 3 aromatic rings. The first-order valence-electron chi connectivity index (χ1n) is 10.5. The maximum atomic E-state index is 12.8. The highest BCUT2D eigenvalue weighted by atomic mass is 16.6. The van der Waals surface area contributed by atoms with Crippen molar-refractivity contribution in [2.75, 3.05) is 38.0 Å². The lowest BCUT2D eigenvalue weighted by Crippen LogP contribution is -2.49. The third kappa shape index (κ3) is 4.78. The average molecular weight is 435 g/mol. The molecule has 2 heterocycles. The molecule has 1 saturated heterocycles. The van der Waals surface area contributed by atoms with Gasteiger partial charge in [-0.2, -0.15) is 0 Å². The zero-order chi connectivity index (χ0) is 22.7. The molecule has 2 N–H and O–H groups in total. The van der Waals surface area contributed by atoms with Crippen molar-refractivity contribution in [2.45, 2.75) is 13.3 Å². The number of aromatic amines is 1. The van der Waals surface area contributed by atoms with Crippen molar-refractivity contribution in [1.29, 1.82) is 0 Å². The van der Waals surface area contributed by atoms with Crippen molar-refractivity contribution in [1.82, 2.24) is 14.8 Å². The summed E-state index contributed by atoms with van der Waals surface area (Å²) in [5.74, 6) is -0.147. The van der Waals surface area contributed by atoms with E-state index in [0.717, 1.165) is 10.9 Å². The fourth-order valence-electron chi connectivity index (χ4n) is 3.91. The zero-order valence-electron chi connectivity index (χ0n) is 17.8. The summed E-state index contributed by atoms with van der Waals surface area (Å²) in [7, 11) is 0. The zero-order valence-corrected chi connectivity index (χ0v) is 17.8. The minimum absolute atomic E-state index is 0.000337. The molecule has 1 aliphatic rings. The van der Waals surface area contributed by atoms with Crippen LogP contribution < -0.4 is 5.32 Å². The van der Waals surface area contributed by atoms with Crippen LogP contribution >= 0.6 is 0 Å².